The number of nitrogens with two attached hydrogens (primary N) is 1. The average Bonchev–Trinajstić information content (AvgIpc) is 3.22. The summed E-state index contributed by atoms with van der Waals surface area (Å²) in [5.41, 5.74) is 5.80. The van der Waals surface area contributed by atoms with Crippen LogP contribution in [0.4, 0.5) is 5.82 Å². The second kappa shape index (κ2) is 6.37. The van der Waals surface area contributed by atoms with Gasteiger partial charge >= 0.3 is 5.69 Å². The van der Waals surface area contributed by atoms with Gasteiger partial charge in [0.1, 0.15) is 11.4 Å². The minimum absolute atomic E-state index is 0.0700. The second-order valence-corrected chi connectivity index (χ2v) is 6.85. The van der Waals surface area contributed by atoms with Crippen LogP contribution in [0.3, 0.4) is 0 Å². The standard InChI is InChI=1S/C16H20N4O3S/c1-18-14(17)13(15(22)19(2)16(18)23)12(21)8-20-6-3-4-11(20)10-5-7-24-9-10/h5,7,9,11H,3-4,6,8,17H2,1-2H3/t11-/m1/s1. The molecule has 0 bridgehead atoms. The van der Waals surface area contributed by atoms with E-state index in [1.807, 2.05) is 5.38 Å². The highest BCUT2D eigenvalue weighted by atomic mass is 32.1. The van der Waals surface area contributed by atoms with Gasteiger partial charge in [-0.25, -0.2) is 4.79 Å². The second-order valence-electron chi connectivity index (χ2n) is 6.07. The Labute approximate surface area is 142 Å². The van der Waals surface area contributed by atoms with Crippen molar-refractivity contribution in [1.82, 2.24) is 14.0 Å². The summed E-state index contributed by atoms with van der Waals surface area (Å²) in [5, 5.41) is 4.11. The van der Waals surface area contributed by atoms with Gasteiger partial charge in [-0.05, 0) is 41.8 Å². The van der Waals surface area contributed by atoms with Crippen molar-refractivity contribution in [3.63, 3.8) is 0 Å². The summed E-state index contributed by atoms with van der Waals surface area (Å²) in [5.74, 6) is -0.412. The summed E-state index contributed by atoms with van der Waals surface area (Å²) < 4.78 is 2.05. The molecule has 0 radical (unpaired) electrons. The van der Waals surface area contributed by atoms with Crippen molar-refractivity contribution >= 4 is 22.9 Å². The average molecular weight is 348 g/mol. The van der Waals surface area contributed by atoms with E-state index in [1.165, 1.54) is 19.7 Å². The van der Waals surface area contributed by atoms with Gasteiger partial charge in [-0.15, -0.1) is 0 Å². The fourth-order valence-corrected chi connectivity index (χ4v) is 3.95. The number of anilines is 1. The lowest BCUT2D eigenvalue weighted by atomic mass is 10.1. The lowest BCUT2D eigenvalue weighted by Crippen LogP contribution is -2.43. The maximum Gasteiger partial charge on any atom is 0.332 e. The van der Waals surface area contributed by atoms with Crippen molar-refractivity contribution in [2.24, 2.45) is 14.1 Å². The van der Waals surface area contributed by atoms with E-state index in [-0.39, 0.29) is 29.8 Å². The molecule has 8 heteroatoms. The summed E-state index contributed by atoms with van der Waals surface area (Å²) >= 11 is 1.63. The highest BCUT2D eigenvalue weighted by molar-refractivity contribution is 7.07. The number of carbonyl (C=O) groups is 1. The zero-order valence-corrected chi connectivity index (χ0v) is 14.5. The third-order valence-corrected chi connectivity index (χ3v) is 5.33. The lowest BCUT2D eigenvalue weighted by molar-refractivity contribution is 0.0919. The van der Waals surface area contributed by atoms with E-state index in [2.05, 4.69) is 16.3 Å². The number of nitrogen functional groups attached to an aromatic ring is 1. The van der Waals surface area contributed by atoms with Crippen LogP contribution in [0.5, 0.6) is 0 Å². The van der Waals surface area contributed by atoms with Crippen LogP contribution in [0.15, 0.2) is 26.4 Å². The molecule has 3 rings (SSSR count). The van der Waals surface area contributed by atoms with E-state index < -0.39 is 11.2 Å². The molecule has 1 atom stereocenters. The number of ketones is 1. The number of carbonyl (C=O) groups excluding carboxylic acids is 1. The minimum atomic E-state index is -0.633. The Morgan fingerprint density at radius 2 is 2.08 bits per heavy atom. The molecule has 128 valence electrons. The van der Waals surface area contributed by atoms with Gasteiger partial charge in [-0.1, -0.05) is 0 Å². The Kier molecular flexibility index (Phi) is 4.42. The van der Waals surface area contributed by atoms with Crippen LogP contribution in [0, 0.1) is 0 Å². The maximum absolute atomic E-state index is 12.7. The quantitative estimate of drug-likeness (QED) is 0.824. The molecule has 0 unspecified atom stereocenters. The molecule has 0 saturated carbocycles. The van der Waals surface area contributed by atoms with Crippen molar-refractivity contribution in [1.29, 1.82) is 0 Å². The van der Waals surface area contributed by atoms with Gasteiger partial charge in [-0.2, -0.15) is 11.3 Å². The zero-order valence-electron chi connectivity index (χ0n) is 13.7. The van der Waals surface area contributed by atoms with Gasteiger partial charge in [0.15, 0.2) is 5.78 Å². The monoisotopic (exact) mass is 348 g/mol. The SMILES string of the molecule is Cn1c(N)c(C(=O)CN2CCC[C@@H]2c2ccsc2)c(=O)n(C)c1=O. The van der Waals surface area contributed by atoms with Crippen LogP contribution in [0.1, 0.15) is 34.8 Å². The van der Waals surface area contributed by atoms with Crippen LogP contribution in [-0.2, 0) is 14.1 Å². The van der Waals surface area contributed by atoms with E-state index in [0.717, 1.165) is 28.5 Å². The first kappa shape index (κ1) is 16.7. The molecule has 0 spiro atoms. The van der Waals surface area contributed by atoms with E-state index >= 15 is 0 Å². The number of likely N-dealkylation sites (tertiary alicyclic amines) is 1. The third kappa shape index (κ3) is 2.71. The van der Waals surface area contributed by atoms with Gasteiger partial charge in [0.25, 0.3) is 5.56 Å². The normalized spacial score (nSPS) is 18.2. The molecule has 0 aliphatic carbocycles. The molecule has 7 nitrogen and oxygen atoms in total. The summed E-state index contributed by atoms with van der Waals surface area (Å²) in [7, 11) is 2.81. The number of rotatable bonds is 4. The molecule has 1 aliphatic heterocycles. The van der Waals surface area contributed by atoms with E-state index in [0.29, 0.717) is 0 Å². The lowest BCUT2D eigenvalue weighted by Gasteiger charge is -2.23. The minimum Gasteiger partial charge on any atom is -0.384 e. The van der Waals surface area contributed by atoms with Crippen LogP contribution >= 0.6 is 11.3 Å². The van der Waals surface area contributed by atoms with Crippen molar-refractivity contribution < 1.29 is 4.79 Å². The first-order valence-electron chi connectivity index (χ1n) is 7.76. The smallest absolute Gasteiger partial charge is 0.332 e. The first-order valence-corrected chi connectivity index (χ1v) is 8.71. The third-order valence-electron chi connectivity index (χ3n) is 4.63. The molecule has 2 aromatic heterocycles. The number of thiophene rings is 1. The van der Waals surface area contributed by atoms with E-state index in [1.54, 1.807) is 11.3 Å². The molecule has 3 heterocycles. The fraction of sp³-hybridized carbons (Fsp3) is 0.438. The molecule has 2 aromatic rings. The van der Waals surface area contributed by atoms with E-state index in [4.69, 9.17) is 5.73 Å². The predicted octanol–water partition coefficient (Wildman–Crippen LogP) is 0.747. The molecule has 2 N–H and O–H groups in total. The number of nitrogens with zero attached hydrogens (tertiary/aromatic N) is 3. The molecule has 0 aromatic carbocycles. The van der Waals surface area contributed by atoms with Gasteiger partial charge in [0.2, 0.25) is 0 Å². The summed E-state index contributed by atoms with van der Waals surface area (Å²) in [4.78, 5) is 39.0. The summed E-state index contributed by atoms with van der Waals surface area (Å²) in [6.45, 7) is 0.927. The van der Waals surface area contributed by atoms with Gasteiger partial charge < -0.3 is 5.73 Å². The van der Waals surface area contributed by atoms with Crippen LogP contribution < -0.4 is 17.0 Å². The number of hydrogen-bond donors (Lipinski definition) is 1. The number of hydrogen-bond acceptors (Lipinski definition) is 6. The number of aromatic nitrogens is 2. The molecule has 1 saturated heterocycles. The molecule has 0 amide bonds. The predicted molar refractivity (Wildman–Crippen MR) is 93.5 cm³/mol. The molecule has 1 aliphatic rings. The molecular weight excluding hydrogens is 328 g/mol. The highest BCUT2D eigenvalue weighted by Crippen LogP contribution is 2.32. The molecular formula is C16H20N4O3S. The van der Waals surface area contributed by atoms with Crippen LogP contribution in [0.25, 0.3) is 0 Å². The molecule has 24 heavy (non-hydrogen) atoms. The summed E-state index contributed by atoms with van der Waals surface area (Å²) in [6, 6.07) is 2.26. The van der Waals surface area contributed by atoms with Crippen LogP contribution in [0.2, 0.25) is 0 Å². The Morgan fingerprint density at radius 3 is 2.75 bits per heavy atom. The highest BCUT2D eigenvalue weighted by Gasteiger charge is 2.30. The Hall–Kier alpha value is -2.19. The van der Waals surface area contributed by atoms with Crippen molar-refractivity contribution in [2.75, 3.05) is 18.8 Å². The van der Waals surface area contributed by atoms with Crippen molar-refractivity contribution in [3.8, 4) is 0 Å². The first-order chi connectivity index (χ1) is 11.4. The van der Waals surface area contributed by atoms with Gasteiger partial charge in [0, 0.05) is 20.1 Å². The van der Waals surface area contributed by atoms with Crippen LogP contribution in [-0.4, -0.2) is 32.9 Å². The largest absolute Gasteiger partial charge is 0.384 e. The van der Waals surface area contributed by atoms with Gasteiger partial charge in [0.05, 0.1) is 6.54 Å². The maximum atomic E-state index is 12.7. The molecule has 1 fully saturated rings. The van der Waals surface area contributed by atoms with E-state index in [9.17, 15) is 14.4 Å². The Morgan fingerprint density at radius 1 is 1.33 bits per heavy atom. The Balaban J connectivity index is 1.91. The zero-order chi connectivity index (χ0) is 17.4. The summed E-state index contributed by atoms with van der Waals surface area (Å²) in [6.07, 6.45) is 2.00. The topological polar surface area (TPSA) is 90.3 Å². The fourth-order valence-electron chi connectivity index (χ4n) is 3.24. The number of Topliss-reactive ketones (excluding diaryl/α,β-unsaturated/α-hetero) is 1. The van der Waals surface area contributed by atoms with Crippen molar-refractivity contribution in [2.45, 2.75) is 18.9 Å². The van der Waals surface area contributed by atoms with Crippen molar-refractivity contribution in [3.05, 3.63) is 48.8 Å². The Bertz CT molecular complexity index is 882. The van der Waals surface area contributed by atoms with Gasteiger partial charge in [-0.3, -0.25) is 23.6 Å².